The van der Waals surface area contributed by atoms with Crippen LogP contribution in [0.5, 0.6) is 0 Å². The highest BCUT2D eigenvalue weighted by Gasteiger charge is 2.19. The molecule has 1 heterocycles. The van der Waals surface area contributed by atoms with Crippen molar-refractivity contribution >= 4 is 17.7 Å². The second-order valence-corrected chi connectivity index (χ2v) is 6.47. The van der Waals surface area contributed by atoms with Gasteiger partial charge >= 0.3 is 5.97 Å². The van der Waals surface area contributed by atoms with Crippen molar-refractivity contribution in [1.82, 2.24) is 9.55 Å². The smallest absolute Gasteiger partial charge is 0.313 e. The average Bonchev–Trinajstić information content (AvgIpc) is 2.83. The molecule has 4 nitrogen and oxygen atoms in total. The van der Waals surface area contributed by atoms with E-state index < -0.39 is 5.97 Å². The van der Waals surface area contributed by atoms with Crippen LogP contribution in [0.1, 0.15) is 26.3 Å². The Kier molecular flexibility index (Phi) is 4.18. The number of nitrogens with zero attached hydrogens (tertiary/aromatic N) is 2. The number of hydrogen-bond donors (Lipinski definition) is 1. The molecule has 5 heteroatoms. The van der Waals surface area contributed by atoms with Crippen LogP contribution in [0.25, 0.3) is 5.69 Å². The van der Waals surface area contributed by atoms with Gasteiger partial charge in [-0.3, -0.25) is 9.36 Å². The van der Waals surface area contributed by atoms with Crippen molar-refractivity contribution in [1.29, 1.82) is 0 Å². The summed E-state index contributed by atoms with van der Waals surface area (Å²) in [5, 5.41) is 9.50. The summed E-state index contributed by atoms with van der Waals surface area (Å²) >= 11 is 1.23. The van der Waals surface area contributed by atoms with Crippen LogP contribution in [0, 0.1) is 0 Å². The molecule has 0 aliphatic rings. The van der Waals surface area contributed by atoms with E-state index in [1.165, 1.54) is 17.3 Å². The number of aromatic nitrogens is 2. The summed E-state index contributed by atoms with van der Waals surface area (Å²) in [6, 6.07) is 8.13. The highest BCUT2D eigenvalue weighted by Crippen LogP contribution is 2.30. The zero-order valence-electron chi connectivity index (χ0n) is 11.8. The van der Waals surface area contributed by atoms with Gasteiger partial charge < -0.3 is 5.11 Å². The summed E-state index contributed by atoms with van der Waals surface area (Å²) < 4.78 is 1.95. The Morgan fingerprint density at radius 1 is 1.35 bits per heavy atom. The molecule has 1 N–H and O–H groups in total. The topological polar surface area (TPSA) is 55.1 Å². The Labute approximate surface area is 122 Å². The maximum Gasteiger partial charge on any atom is 0.313 e. The molecule has 0 amide bonds. The Bertz CT molecular complexity index is 614. The molecule has 2 aromatic rings. The van der Waals surface area contributed by atoms with E-state index in [1.54, 1.807) is 6.20 Å². The summed E-state index contributed by atoms with van der Waals surface area (Å²) in [4.78, 5) is 15.0. The van der Waals surface area contributed by atoms with Gasteiger partial charge in [-0.15, -0.1) is 0 Å². The number of carboxylic acid groups (broad SMARTS) is 1. The number of carboxylic acids is 1. The summed E-state index contributed by atoms with van der Waals surface area (Å²) in [5.74, 6) is -0.831. The molecular formula is C15H18N2O2S. The van der Waals surface area contributed by atoms with Crippen LogP contribution in [0.4, 0.5) is 0 Å². The van der Waals surface area contributed by atoms with E-state index in [0.717, 1.165) is 5.69 Å². The number of aliphatic carboxylic acids is 1. The van der Waals surface area contributed by atoms with Gasteiger partial charge in [-0.25, -0.2) is 4.98 Å². The molecule has 0 unspecified atom stereocenters. The highest BCUT2D eigenvalue weighted by molar-refractivity contribution is 7.99. The van der Waals surface area contributed by atoms with Gasteiger partial charge in [0.2, 0.25) is 0 Å². The van der Waals surface area contributed by atoms with E-state index in [-0.39, 0.29) is 11.2 Å². The van der Waals surface area contributed by atoms with Gasteiger partial charge in [-0.1, -0.05) is 50.7 Å². The SMILES string of the molecule is CC(C)(C)c1ccccc1-n1ccnc1SCC(=O)O. The van der Waals surface area contributed by atoms with E-state index in [9.17, 15) is 4.79 Å². The molecule has 0 bridgehead atoms. The van der Waals surface area contributed by atoms with Crippen molar-refractivity contribution in [3.63, 3.8) is 0 Å². The van der Waals surface area contributed by atoms with Crippen LogP contribution in [0.15, 0.2) is 41.8 Å². The first-order valence-electron chi connectivity index (χ1n) is 6.37. The van der Waals surface area contributed by atoms with Crippen molar-refractivity contribution in [3.05, 3.63) is 42.2 Å². The fourth-order valence-corrected chi connectivity index (χ4v) is 2.71. The number of imidazole rings is 1. The third-order valence-electron chi connectivity index (χ3n) is 2.90. The molecule has 1 aromatic carbocycles. The van der Waals surface area contributed by atoms with Crippen molar-refractivity contribution in [2.24, 2.45) is 0 Å². The van der Waals surface area contributed by atoms with Crippen LogP contribution >= 0.6 is 11.8 Å². The highest BCUT2D eigenvalue weighted by atomic mass is 32.2. The summed E-state index contributed by atoms with van der Waals surface area (Å²) in [5.41, 5.74) is 2.26. The predicted molar refractivity (Wildman–Crippen MR) is 80.6 cm³/mol. The standard InChI is InChI=1S/C15H18N2O2S/c1-15(2,3)11-6-4-5-7-12(11)17-9-8-16-14(17)20-10-13(18)19/h4-9H,10H2,1-3H3,(H,18,19). The molecule has 0 aliphatic heterocycles. The zero-order valence-corrected chi connectivity index (χ0v) is 12.6. The molecule has 1 aromatic heterocycles. The summed E-state index contributed by atoms with van der Waals surface area (Å²) in [7, 11) is 0. The Morgan fingerprint density at radius 2 is 2.05 bits per heavy atom. The fourth-order valence-electron chi connectivity index (χ4n) is 2.02. The maximum atomic E-state index is 10.7. The molecular weight excluding hydrogens is 272 g/mol. The number of benzene rings is 1. The van der Waals surface area contributed by atoms with Crippen LogP contribution in [0.3, 0.4) is 0 Å². The predicted octanol–water partition coefficient (Wildman–Crippen LogP) is 3.35. The molecule has 0 saturated carbocycles. The molecule has 20 heavy (non-hydrogen) atoms. The molecule has 0 saturated heterocycles. The molecule has 0 spiro atoms. The first-order chi connectivity index (χ1) is 9.39. The number of carbonyl (C=O) groups is 1. The van der Waals surface area contributed by atoms with E-state index in [0.29, 0.717) is 5.16 Å². The van der Waals surface area contributed by atoms with Gasteiger partial charge in [-0.2, -0.15) is 0 Å². The molecule has 0 fully saturated rings. The fraction of sp³-hybridized carbons (Fsp3) is 0.333. The van der Waals surface area contributed by atoms with Crippen molar-refractivity contribution in [2.45, 2.75) is 31.3 Å². The quantitative estimate of drug-likeness (QED) is 0.877. The Hall–Kier alpha value is -1.75. The Morgan fingerprint density at radius 3 is 2.70 bits per heavy atom. The lowest BCUT2D eigenvalue weighted by molar-refractivity contribution is -0.133. The molecule has 0 atom stereocenters. The van der Waals surface area contributed by atoms with Gasteiger partial charge in [0.05, 0.1) is 11.4 Å². The van der Waals surface area contributed by atoms with Crippen molar-refractivity contribution in [2.75, 3.05) is 5.75 Å². The largest absolute Gasteiger partial charge is 0.481 e. The third-order valence-corrected chi connectivity index (χ3v) is 3.85. The van der Waals surface area contributed by atoms with Crippen molar-refractivity contribution in [3.8, 4) is 5.69 Å². The van der Waals surface area contributed by atoms with E-state index in [4.69, 9.17) is 5.11 Å². The number of thioether (sulfide) groups is 1. The van der Waals surface area contributed by atoms with E-state index in [1.807, 2.05) is 29.0 Å². The first-order valence-corrected chi connectivity index (χ1v) is 7.36. The molecule has 106 valence electrons. The van der Waals surface area contributed by atoms with Gasteiger partial charge in [0.15, 0.2) is 5.16 Å². The van der Waals surface area contributed by atoms with Gasteiger partial charge in [0.1, 0.15) is 0 Å². The lowest BCUT2D eigenvalue weighted by Gasteiger charge is -2.23. The van der Waals surface area contributed by atoms with Crippen molar-refractivity contribution < 1.29 is 9.90 Å². The van der Waals surface area contributed by atoms with Gasteiger partial charge in [-0.05, 0) is 17.0 Å². The van der Waals surface area contributed by atoms with Gasteiger partial charge in [0, 0.05) is 12.4 Å². The normalized spacial score (nSPS) is 11.6. The average molecular weight is 290 g/mol. The van der Waals surface area contributed by atoms with Gasteiger partial charge in [0.25, 0.3) is 0 Å². The van der Waals surface area contributed by atoms with Crippen LogP contribution in [-0.4, -0.2) is 26.4 Å². The number of rotatable bonds is 4. The molecule has 2 rings (SSSR count). The van der Waals surface area contributed by atoms with Crippen LogP contribution in [-0.2, 0) is 10.2 Å². The minimum atomic E-state index is -0.839. The van der Waals surface area contributed by atoms with E-state index in [2.05, 4.69) is 31.8 Å². The lowest BCUT2D eigenvalue weighted by Crippen LogP contribution is -2.15. The first kappa shape index (κ1) is 14.7. The second kappa shape index (κ2) is 5.71. The second-order valence-electron chi connectivity index (χ2n) is 5.53. The summed E-state index contributed by atoms with van der Waals surface area (Å²) in [6.07, 6.45) is 3.57. The Balaban J connectivity index is 2.43. The molecule has 0 aliphatic carbocycles. The zero-order chi connectivity index (χ0) is 14.8. The van der Waals surface area contributed by atoms with E-state index >= 15 is 0 Å². The minimum absolute atomic E-state index is 0.00863. The lowest BCUT2D eigenvalue weighted by atomic mass is 9.86. The van der Waals surface area contributed by atoms with Crippen LogP contribution in [0.2, 0.25) is 0 Å². The maximum absolute atomic E-state index is 10.7. The monoisotopic (exact) mass is 290 g/mol. The van der Waals surface area contributed by atoms with Crippen LogP contribution < -0.4 is 0 Å². The molecule has 0 radical (unpaired) electrons. The number of para-hydroxylation sites is 1. The summed E-state index contributed by atoms with van der Waals surface area (Å²) in [6.45, 7) is 6.48. The number of hydrogen-bond acceptors (Lipinski definition) is 3. The third kappa shape index (κ3) is 3.22. The minimum Gasteiger partial charge on any atom is -0.481 e.